The van der Waals surface area contributed by atoms with E-state index in [9.17, 15) is 4.79 Å². The maximum atomic E-state index is 12.3. The SMILES string of the molecule is Cc1ccc(CNc2ncc(C(=O)Nc3cc(Cl)cc(Cl)c3)cn2)cc1. The molecule has 3 aromatic rings. The Kier molecular flexibility index (Phi) is 5.71. The quantitative estimate of drug-likeness (QED) is 0.650. The first-order chi connectivity index (χ1) is 12.5. The molecule has 1 heterocycles. The van der Waals surface area contributed by atoms with Crippen LogP contribution in [0.25, 0.3) is 0 Å². The van der Waals surface area contributed by atoms with Crippen molar-refractivity contribution in [3.05, 3.63) is 81.6 Å². The molecule has 1 amide bonds. The summed E-state index contributed by atoms with van der Waals surface area (Å²) in [7, 11) is 0. The van der Waals surface area contributed by atoms with Crippen LogP contribution in [0.5, 0.6) is 0 Å². The molecule has 132 valence electrons. The molecule has 0 unspecified atom stereocenters. The van der Waals surface area contributed by atoms with Gasteiger partial charge in [0.15, 0.2) is 0 Å². The van der Waals surface area contributed by atoms with Gasteiger partial charge in [0.25, 0.3) is 5.91 Å². The minimum Gasteiger partial charge on any atom is -0.350 e. The predicted molar refractivity (Wildman–Crippen MR) is 105 cm³/mol. The number of carbonyl (C=O) groups excluding carboxylic acids is 1. The highest BCUT2D eigenvalue weighted by Crippen LogP contribution is 2.22. The first kappa shape index (κ1) is 18.2. The van der Waals surface area contributed by atoms with Gasteiger partial charge in [0, 0.05) is 34.7 Å². The topological polar surface area (TPSA) is 66.9 Å². The van der Waals surface area contributed by atoms with Gasteiger partial charge in [-0.05, 0) is 30.7 Å². The van der Waals surface area contributed by atoms with E-state index in [1.165, 1.54) is 18.0 Å². The summed E-state index contributed by atoms with van der Waals surface area (Å²) in [5.74, 6) is 0.112. The van der Waals surface area contributed by atoms with E-state index in [0.717, 1.165) is 5.56 Å². The summed E-state index contributed by atoms with van der Waals surface area (Å²) >= 11 is 11.9. The van der Waals surface area contributed by atoms with E-state index < -0.39 is 0 Å². The van der Waals surface area contributed by atoms with E-state index >= 15 is 0 Å². The lowest BCUT2D eigenvalue weighted by atomic mass is 10.1. The fraction of sp³-hybridized carbons (Fsp3) is 0.105. The second-order valence-electron chi connectivity index (χ2n) is 5.75. The first-order valence-electron chi connectivity index (χ1n) is 7.88. The fourth-order valence-electron chi connectivity index (χ4n) is 2.25. The minimum absolute atomic E-state index is 0.335. The molecule has 0 spiro atoms. The highest BCUT2D eigenvalue weighted by Gasteiger charge is 2.09. The third-order valence-electron chi connectivity index (χ3n) is 3.61. The third kappa shape index (κ3) is 4.94. The Balaban J connectivity index is 1.61. The van der Waals surface area contributed by atoms with E-state index in [2.05, 4.69) is 20.6 Å². The highest BCUT2D eigenvalue weighted by atomic mass is 35.5. The molecule has 5 nitrogen and oxygen atoms in total. The van der Waals surface area contributed by atoms with Crippen LogP contribution in [0.3, 0.4) is 0 Å². The van der Waals surface area contributed by atoms with E-state index in [1.807, 2.05) is 31.2 Å². The Morgan fingerprint density at radius 1 is 1.00 bits per heavy atom. The average molecular weight is 387 g/mol. The minimum atomic E-state index is -0.339. The van der Waals surface area contributed by atoms with Gasteiger partial charge in [-0.25, -0.2) is 9.97 Å². The number of carbonyl (C=O) groups is 1. The monoisotopic (exact) mass is 386 g/mol. The standard InChI is InChI=1S/C19H16Cl2N4O/c1-12-2-4-13(5-3-12)9-22-19-23-10-14(11-24-19)18(26)25-17-7-15(20)6-16(21)8-17/h2-8,10-11H,9H2,1H3,(H,25,26)(H,22,23,24). The van der Waals surface area contributed by atoms with E-state index in [0.29, 0.717) is 33.8 Å². The van der Waals surface area contributed by atoms with Gasteiger partial charge in [-0.3, -0.25) is 4.79 Å². The molecule has 0 aliphatic rings. The smallest absolute Gasteiger partial charge is 0.258 e. The zero-order valence-corrected chi connectivity index (χ0v) is 15.5. The predicted octanol–water partition coefficient (Wildman–Crippen LogP) is 4.96. The third-order valence-corrected chi connectivity index (χ3v) is 4.04. The Hall–Kier alpha value is -2.63. The van der Waals surface area contributed by atoms with Gasteiger partial charge in [-0.15, -0.1) is 0 Å². The molecule has 0 aliphatic heterocycles. The van der Waals surface area contributed by atoms with Crippen molar-refractivity contribution in [2.24, 2.45) is 0 Å². The second kappa shape index (κ2) is 8.17. The number of aromatic nitrogens is 2. The summed E-state index contributed by atoms with van der Waals surface area (Å²) in [4.78, 5) is 20.6. The van der Waals surface area contributed by atoms with Crippen molar-refractivity contribution in [3.8, 4) is 0 Å². The van der Waals surface area contributed by atoms with E-state index in [4.69, 9.17) is 23.2 Å². The van der Waals surface area contributed by atoms with Gasteiger partial charge in [-0.2, -0.15) is 0 Å². The van der Waals surface area contributed by atoms with Crippen LogP contribution in [0.4, 0.5) is 11.6 Å². The van der Waals surface area contributed by atoms with Crippen molar-refractivity contribution in [2.45, 2.75) is 13.5 Å². The summed E-state index contributed by atoms with van der Waals surface area (Å²) in [6.07, 6.45) is 2.93. The lowest BCUT2D eigenvalue weighted by Gasteiger charge is -2.08. The maximum absolute atomic E-state index is 12.3. The molecule has 1 aromatic heterocycles. The van der Waals surface area contributed by atoms with Crippen LogP contribution in [0.2, 0.25) is 10.0 Å². The molecule has 0 radical (unpaired) electrons. The van der Waals surface area contributed by atoms with Crippen LogP contribution in [-0.4, -0.2) is 15.9 Å². The van der Waals surface area contributed by atoms with Crippen molar-refractivity contribution in [1.82, 2.24) is 9.97 Å². The van der Waals surface area contributed by atoms with Crippen LogP contribution in [-0.2, 0) is 6.54 Å². The summed E-state index contributed by atoms with van der Waals surface area (Å²) in [6.45, 7) is 2.65. The van der Waals surface area contributed by atoms with Gasteiger partial charge in [0.1, 0.15) is 0 Å². The lowest BCUT2D eigenvalue weighted by Crippen LogP contribution is -2.13. The molecule has 0 bridgehead atoms. The molecular weight excluding hydrogens is 371 g/mol. The Morgan fingerprint density at radius 2 is 1.62 bits per heavy atom. The number of nitrogens with one attached hydrogen (secondary N) is 2. The van der Waals surface area contributed by atoms with Gasteiger partial charge in [0.05, 0.1) is 5.56 Å². The Labute approximate surface area is 161 Å². The second-order valence-corrected chi connectivity index (χ2v) is 6.62. The highest BCUT2D eigenvalue weighted by molar-refractivity contribution is 6.35. The fourth-order valence-corrected chi connectivity index (χ4v) is 2.78. The molecule has 0 saturated heterocycles. The number of benzene rings is 2. The molecule has 2 aromatic carbocycles. The van der Waals surface area contributed by atoms with Gasteiger partial charge < -0.3 is 10.6 Å². The number of halogens is 2. The van der Waals surface area contributed by atoms with Crippen LogP contribution in [0, 0.1) is 6.92 Å². The van der Waals surface area contributed by atoms with Crippen LogP contribution in [0.15, 0.2) is 54.9 Å². The number of aryl methyl sites for hydroxylation is 1. The average Bonchev–Trinajstić information content (AvgIpc) is 2.61. The normalized spacial score (nSPS) is 10.4. The van der Waals surface area contributed by atoms with Crippen molar-refractivity contribution >= 4 is 40.7 Å². The molecule has 26 heavy (non-hydrogen) atoms. The molecule has 2 N–H and O–H groups in total. The van der Waals surface area contributed by atoms with Crippen LogP contribution < -0.4 is 10.6 Å². The molecule has 3 rings (SSSR count). The zero-order chi connectivity index (χ0) is 18.5. The summed E-state index contributed by atoms with van der Waals surface area (Å²) in [5, 5.41) is 6.72. The number of rotatable bonds is 5. The van der Waals surface area contributed by atoms with Crippen LogP contribution in [0.1, 0.15) is 21.5 Å². The number of hydrogen-bond donors (Lipinski definition) is 2. The summed E-state index contributed by atoms with van der Waals surface area (Å²) in [5.41, 5.74) is 3.18. The Bertz CT molecular complexity index is 892. The molecule has 7 heteroatoms. The van der Waals surface area contributed by atoms with Crippen LogP contribution >= 0.6 is 23.2 Å². The van der Waals surface area contributed by atoms with Crippen molar-refractivity contribution < 1.29 is 4.79 Å². The molecular formula is C19H16Cl2N4O. The molecule has 0 fully saturated rings. The van der Waals surface area contributed by atoms with Crippen molar-refractivity contribution in [3.63, 3.8) is 0 Å². The number of anilines is 2. The number of amides is 1. The van der Waals surface area contributed by atoms with Crippen molar-refractivity contribution in [2.75, 3.05) is 10.6 Å². The van der Waals surface area contributed by atoms with Gasteiger partial charge >= 0.3 is 0 Å². The summed E-state index contributed by atoms with van der Waals surface area (Å²) < 4.78 is 0. The van der Waals surface area contributed by atoms with E-state index in [-0.39, 0.29) is 5.91 Å². The van der Waals surface area contributed by atoms with Gasteiger partial charge in [0.2, 0.25) is 5.95 Å². The van der Waals surface area contributed by atoms with Gasteiger partial charge in [-0.1, -0.05) is 53.0 Å². The Morgan fingerprint density at radius 3 is 2.23 bits per heavy atom. The zero-order valence-electron chi connectivity index (χ0n) is 14.0. The number of hydrogen-bond acceptors (Lipinski definition) is 4. The molecule has 0 saturated carbocycles. The molecule has 0 atom stereocenters. The van der Waals surface area contributed by atoms with E-state index in [1.54, 1.807) is 18.2 Å². The first-order valence-corrected chi connectivity index (χ1v) is 8.64. The molecule has 0 aliphatic carbocycles. The number of nitrogens with zero attached hydrogens (tertiary/aromatic N) is 2. The largest absolute Gasteiger partial charge is 0.350 e. The summed E-state index contributed by atoms with van der Waals surface area (Å²) in [6, 6.07) is 13.0. The lowest BCUT2D eigenvalue weighted by molar-refractivity contribution is 0.102. The maximum Gasteiger partial charge on any atom is 0.258 e. The van der Waals surface area contributed by atoms with Crippen molar-refractivity contribution in [1.29, 1.82) is 0 Å².